The van der Waals surface area contributed by atoms with E-state index in [1.54, 1.807) is 7.05 Å². The van der Waals surface area contributed by atoms with E-state index in [2.05, 4.69) is 4.72 Å². The van der Waals surface area contributed by atoms with Gasteiger partial charge >= 0.3 is 4.87 Å². The maximum Gasteiger partial charge on any atom is 0.307 e. The number of rotatable bonds is 3. The summed E-state index contributed by atoms with van der Waals surface area (Å²) in [5, 5.41) is 0. The molecule has 0 radical (unpaired) electrons. The second kappa shape index (κ2) is 5.43. The summed E-state index contributed by atoms with van der Waals surface area (Å²) in [7, 11) is -2.48. The number of hydrogen-bond acceptors (Lipinski definition) is 4. The molecule has 23 heavy (non-hydrogen) atoms. The summed E-state index contributed by atoms with van der Waals surface area (Å²) in [6.45, 7) is 0. The molecular weight excluding hydrogens is 346 g/mol. The molecule has 1 heterocycles. The zero-order valence-electron chi connectivity index (χ0n) is 11.7. The van der Waals surface area contributed by atoms with E-state index in [0.717, 1.165) is 23.5 Å². The molecule has 0 unspecified atom stereocenters. The first-order valence-electron chi connectivity index (χ1n) is 6.35. The lowest BCUT2D eigenvalue weighted by Gasteiger charge is -2.09. The zero-order chi connectivity index (χ0) is 16.8. The van der Waals surface area contributed by atoms with Gasteiger partial charge in [-0.2, -0.15) is 0 Å². The lowest BCUT2D eigenvalue weighted by atomic mass is 10.3. The number of aromatic nitrogens is 1. The topological polar surface area (TPSA) is 68.2 Å². The highest BCUT2D eigenvalue weighted by atomic mass is 32.2. The fourth-order valence-electron chi connectivity index (χ4n) is 2.06. The minimum Gasteiger partial charge on any atom is -0.302 e. The van der Waals surface area contributed by atoms with E-state index >= 15 is 0 Å². The highest BCUT2D eigenvalue weighted by Crippen LogP contribution is 2.24. The molecule has 120 valence electrons. The first-order chi connectivity index (χ1) is 10.8. The Labute approximate surface area is 133 Å². The van der Waals surface area contributed by atoms with Crippen LogP contribution >= 0.6 is 11.3 Å². The Kier molecular flexibility index (Phi) is 3.69. The van der Waals surface area contributed by atoms with E-state index in [4.69, 9.17) is 0 Å². The summed E-state index contributed by atoms with van der Waals surface area (Å²) >= 11 is 0.912. The summed E-state index contributed by atoms with van der Waals surface area (Å²) < 4.78 is 55.1. The first kappa shape index (κ1) is 15.6. The Hall–Kier alpha value is -2.26. The SMILES string of the molecule is Cn1c(=O)sc2cc(S(=O)(=O)Nc3ccc(F)cc3F)ccc21. The lowest BCUT2D eigenvalue weighted by Crippen LogP contribution is -2.14. The van der Waals surface area contributed by atoms with Gasteiger partial charge in [0.1, 0.15) is 11.6 Å². The quantitative estimate of drug-likeness (QED) is 0.784. The Bertz CT molecular complexity index is 1070. The zero-order valence-corrected chi connectivity index (χ0v) is 13.3. The summed E-state index contributed by atoms with van der Waals surface area (Å²) in [5.74, 6) is -1.82. The van der Waals surface area contributed by atoms with E-state index < -0.39 is 21.7 Å². The van der Waals surface area contributed by atoms with Crippen LogP contribution in [-0.2, 0) is 17.1 Å². The van der Waals surface area contributed by atoms with Crippen molar-refractivity contribution in [3.05, 3.63) is 57.7 Å². The van der Waals surface area contributed by atoms with Crippen molar-refractivity contribution < 1.29 is 17.2 Å². The van der Waals surface area contributed by atoms with E-state index in [-0.39, 0.29) is 15.5 Å². The number of hydrogen-bond donors (Lipinski definition) is 1. The Morgan fingerprint density at radius 3 is 2.57 bits per heavy atom. The van der Waals surface area contributed by atoms with Crippen LogP contribution in [0.15, 0.2) is 46.1 Å². The molecular formula is C14H10F2N2O3S2. The molecule has 1 N–H and O–H groups in total. The molecule has 0 amide bonds. The number of nitrogens with zero attached hydrogens (tertiary/aromatic N) is 1. The minimum atomic E-state index is -4.06. The van der Waals surface area contributed by atoms with Gasteiger partial charge in [0.05, 0.1) is 20.8 Å². The van der Waals surface area contributed by atoms with Crippen molar-refractivity contribution in [1.82, 2.24) is 4.57 Å². The van der Waals surface area contributed by atoms with Crippen molar-refractivity contribution in [3.8, 4) is 0 Å². The van der Waals surface area contributed by atoms with Gasteiger partial charge in [-0.15, -0.1) is 0 Å². The van der Waals surface area contributed by atoms with Gasteiger partial charge in [-0.05, 0) is 30.3 Å². The molecule has 0 saturated carbocycles. The van der Waals surface area contributed by atoms with E-state index in [0.29, 0.717) is 16.3 Å². The number of fused-ring (bicyclic) bond motifs is 1. The largest absolute Gasteiger partial charge is 0.307 e. The molecule has 0 aliphatic carbocycles. The predicted octanol–water partition coefficient (Wildman–Crippen LogP) is 2.68. The van der Waals surface area contributed by atoms with E-state index in [1.165, 1.54) is 22.8 Å². The van der Waals surface area contributed by atoms with Gasteiger partial charge < -0.3 is 4.57 Å². The molecule has 0 fully saturated rings. The van der Waals surface area contributed by atoms with Gasteiger partial charge in [0.2, 0.25) is 0 Å². The lowest BCUT2D eigenvalue weighted by molar-refractivity contribution is 0.583. The summed E-state index contributed by atoms with van der Waals surface area (Å²) in [5.41, 5.74) is 0.250. The van der Waals surface area contributed by atoms with Crippen molar-refractivity contribution in [2.24, 2.45) is 7.05 Å². The third-order valence-corrected chi connectivity index (χ3v) is 5.61. The number of aryl methyl sites for hydroxylation is 1. The second-order valence-electron chi connectivity index (χ2n) is 4.79. The highest BCUT2D eigenvalue weighted by Gasteiger charge is 2.18. The normalized spacial score (nSPS) is 11.8. The van der Waals surface area contributed by atoms with Crippen LogP contribution in [-0.4, -0.2) is 13.0 Å². The number of anilines is 1. The van der Waals surface area contributed by atoms with Crippen LogP contribution in [0.5, 0.6) is 0 Å². The van der Waals surface area contributed by atoms with Crippen LogP contribution in [0.25, 0.3) is 10.2 Å². The van der Waals surface area contributed by atoms with Gasteiger partial charge in [0, 0.05) is 13.1 Å². The standard InChI is InChI=1S/C14H10F2N2O3S2/c1-18-12-5-3-9(7-13(12)22-14(18)19)23(20,21)17-11-4-2-8(15)6-10(11)16/h2-7,17H,1H3. The molecule has 0 bridgehead atoms. The van der Waals surface area contributed by atoms with E-state index in [1.807, 2.05) is 0 Å². The van der Waals surface area contributed by atoms with Crippen molar-refractivity contribution >= 4 is 37.3 Å². The predicted molar refractivity (Wildman–Crippen MR) is 84.2 cm³/mol. The van der Waals surface area contributed by atoms with Gasteiger partial charge in [-0.3, -0.25) is 9.52 Å². The number of benzene rings is 2. The van der Waals surface area contributed by atoms with Crippen molar-refractivity contribution in [3.63, 3.8) is 0 Å². The molecule has 0 spiro atoms. The van der Waals surface area contributed by atoms with Gasteiger partial charge in [-0.25, -0.2) is 17.2 Å². The molecule has 2 aromatic carbocycles. The number of thiazole rings is 1. The maximum absolute atomic E-state index is 13.6. The average Bonchev–Trinajstić information content (AvgIpc) is 2.77. The van der Waals surface area contributed by atoms with Crippen molar-refractivity contribution in [1.29, 1.82) is 0 Å². The van der Waals surface area contributed by atoms with Crippen molar-refractivity contribution in [2.45, 2.75) is 4.90 Å². The third kappa shape index (κ3) is 2.84. The molecule has 0 aliphatic rings. The van der Waals surface area contributed by atoms with E-state index in [9.17, 15) is 22.0 Å². The van der Waals surface area contributed by atoms with Crippen LogP contribution in [0.3, 0.4) is 0 Å². The summed E-state index contributed by atoms with van der Waals surface area (Å²) in [6, 6.07) is 6.70. The highest BCUT2D eigenvalue weighted by molar-refractivity contribution is 7.92. The van der Waals surface area contributed by atoms with Crippen LogP contribution in [0.2, 0.25) is 0 Å². The Morgan fingerprint density at radius 1 is 1.13 bits per heavy atom. The molecule has 9 heteroatoms. The minimum absolute atomic E-state index is 0.115. The van der Waals surface area contributed by atoms with Gasteiger partial charge in [0.25, 0.3) is 10.0 Å². The molecule has 0 aliphatic heterocycles. The first-order valence-corrected chi connectivity index (χ1v) is 8.65. The number of sulfonamides is 1. The maximum atomic E-state index is 13.6. The van der Waals surface area contributed by atoms with Gasteiger partial charge in [-0.1, -0.05) is 11.3 Å². The molecule has 1 aromatic heterocycles. The molecule has 5 nitrogen and oxygen atoms in total. The van der Waals surface area contributed by atoms with Crippen LogP contribution in [0.1, 0.15) is 0 Å². The molecule has 0 atom stereocenters. The number of halogens is 2. The van der Waals surface area contributed by atoms with Crippen molar-refractivity contribution in [2.75, 3.05) is 4.72 Å². The fraction of sp³-hybridized carbons (Fsp3) is 0.0714. The monoisotopic (exact) mass is 356 g/mol. The molecule has 0 saturated heterocycles. The molecule has 3 rings (SSSR count). The van der Waals surface area contributed by atoms with Gasteiger partial charge in [0.15, 0.2) is 0 Å². The second-order valence-corrected chi connectivity index (χ2v) is 7.46. The number of nitrogens with one attached hydrogen (secondary N) is 1. The van der Waals surface area contributed by atoms with Crippen LogP contribution in [0.4, 0.5) is 14.5 Å². The Morgan fingerprint density at radius 2 is 1.87 bits per heavy atom. The Balaban J connectivity index is 2.04. The van der Waals surface area contributed by atoms with Crippen LogP contribution in [0, 0.1) is 11.6 Å². The third-order valence-electron chi connectivity index (χ3n) is 3.25. The fourth-order valence-corrected chi connectivity index (χ4v) is 4.14. The summed E-state index contributed by atoms with van der Waals surface area (Å²) in [4.78, 5) is 11.3. The smallest absolute Gasteiger partial charge is 0.302 e. The van der Waals surface area contributed by atoms with Crippen LogP contribution < -0.4 is 9.60 Å². The summed E-state index contributed by atoms with van der Waals surface area (Å²) in [6.07, 6.45) is 0. The average molecular weight is 356 g/mol. The molecule has 3 aromatic rings.